The lowest BCUT2D eigenvalue weighted by Crippen LogP contribution is -2.08. The molecule has 5 nitrogen and oxygen atoms in total. The zero-order valence-electron chi connectivity index (χ0n) is 10.2. The second-order valence-electron chi connectivity index (χ2n) is 4.00. The van der Waals surface area contributed by atoms with Crippen LogP contribution in [-0.2, 0) is 6.54 Å². The highest BCUT2D eigenvalue weighted by molar-refractivity contribution is 6.28. The van der Waals surface area contributed by atoms with Crippen LogP contribution in [0.5, 0.6) is 0 Å². The lowest BCUT2D eigenvalue weighted by atomic mass is 10.1. The van der Waals surface area contributed by atoms with Crippen molar-refractivity contribution in [2.24, 2.45) is 0 Å². The molecule has 18 heavy (non-hydrogen) atoms. The van der Waals surface area contributed by atoms with Crippen LogP contribution in [0.1, 0.15) is 16.8 Å². The molecule has 3 N–H and O–H groups in total. The van der Waals surface area contributed by atoms with Gasteiger partial charge >= 0.3 is 0 Å². The summed E-state index contributed by atoms with van der Waals surface area (Å²) in [5.41, 5.74) is 9.32. The molecule has 94 valence electrons. The van der Waals surface area contributed by atoms with Crippen molar-refractivity contribution in [3.63, 3.8) is 0 Å². The molecular weight excluding hydrogens is 250 g/mol. The maximum absolute atomic E-state index is 5.89. The van der Waals surface area contributed by atoms with Gasteiger partial charge in [0.05, 0.1) is 11.4 Å². The largest absolute Gasteiger partial charge is 0.394 e. The summed E-state index contributed by atoms with van der Waals surface area (Å²) in [6, 6.07) is 1.96. The van der Waals surface area contributed by atoms with Crippen molar-refractivity contribution in [2.45, 2.75) is 20.4 Å². The monoisotopic (exact) mass is 263 g/mol. The number of aryl methyl sites for hydroxylation is 2. The van der Waals surface area contributed by atoms with Crippen LogP contribution in [0.4, 0.5) is 11.5 Å². The van der Waals surface area contributed by atoms with Gasteiger partial charge in [-0.2, -0.15) is 4.98 Å². The summed E-state index contributed by atoms with van der Waals surface area (Å²) in [6.07, 6.45) is 3.58. The van der Waals surface area contributed by atoms with E-state index in [1.54, 1.807) is 13.1 Å². The number of nitrogen functional groups attached to an aromatic ring is 1. The Bertz CT molecular complexity index is 570. The van der Waals surface area contributed by atoms with E-state index in [-0.39, 0.29) is 5.28 Å². The minimum Gasteiger partial charge on any atom is -0.394 e. The third kappa shape index (κ3) is 2.68. The predicted molar refractivity (Wildman–Crippen MR) is 72.5 cm³/mol. The molecule has 2 heterocycles. The first-order valence-electron chi connectivity index (χ1n) is 5.51. The van der Waals surface area contributed by atoms with Crippen molar-refractivity contribution >= 4 is 23.1 Å². The van der Waals surface area contributed by atoms with Gasteiger partial charge in [-0.05, 0) is 42.6 Å². The van der Waals surface area contributed by atoms with Crippen LogP contribution in [0.15, 0.2) is 18.5 Å². The average Bonchev–Trinajstić information content (AvgIpc) is 2.33. The van der Waals surface area contributed by atoms with Crippen LogP contribution < -0.4 is 11.1 Å². The molecule has 0 radical (unpaired) electrons. The first kappa shape index (κ1) is 12.6. The fourth-order valence-electron chi connectivity index (χ4n) is 1.54. The van der Waals surface area contributed by atoms with Crippen molar-refractivity contribution in [3.8, 4) is 0 Å². The third-order valence-corrected chi connectivity index (χ3v) is 2.87. The first-order chi connectivity index (χ1) is 8.58. The van der Waals surface area contributed by atoms with Crippen LogP contribution in [0.3, 0.4) is 0 Å². The molecule has 0 saturated heterocycles. The van der Waals surface area contributed by atoms with Crippen molar-refractivity contribution in [1.29, 1.82) is 0 Å². The van der Waals surface area contributed by atoms with Gasteiger partial charge in [-0.1, -0.05) is 0 Å². The van der Waals surface area contributed by atoms with Gasteiger partial charge in [-0.15, -0.1) is 0 Å². The zero-order valence-corrected chi connectivity index (χ0v) is 11.0. The number of pyridine rings is 1. The number of rotatable bonds is 3. The number of halogens is 1. The Morgan fingerprint density at radius 2 is 2.11 bits per heavy atom. The van der Waals surface area contributed by atoms with Crippen LogP contribution in [-0.4, -0.2) is 15.0 Å². The molecule has 0 amide bonds. The minimum absolute atomic E-state index is 0.187. The Kier molecular flexibility index (Phi) is 3.62. The highest BCUT2D eigenvalue weighted by atomic mass is 35.5. The Morgan fingerprint density at radius 3 is 2.83 bits per heavy atom. The van der Waals surface area contributed by atoms with E-state index in [0.29, 0.717) is 23.7 Å². The van der Waals surface area contributed by atoms with E-state index < -0.39 is 0 Å². The number of nitrogens with one attached hydrogen (secondary N) is 1. The molecular formula is C12H14ClN5. The molecule has 2 rings (SSSR count). The van der Waals surface area contributed by atoms with Gasteiger partial charge in [0.2, 0.25) is 5.28 Å². The van der Waals surface area contributed by atoms with Crippen molar-refractivity contribution in [3.05, 3.63) is 40.6 Å². The summed E-state index contributed by atoms with van der Waals surface area (Å²) in [6.45, 7) is 4.42. The highest BCUT2D eigenvalue weighted by Crippen LogP contribution is 2.21. The molecule has 0 aliphatic carbocycles. The molecule has 0 aliphatic rings. The van der Waals surface area contributed by atoms with Crippen molar-refractivity contribution < 1.29 is 0 Å². The van der Waals surface area contributed by atoms with Gasteiger partial charge in [0.1, 0.15) is 0 Å². The average molecular weight is 264 g/mol. The number of hydrogen-bond donors (Lipinski definition) is 2. The van der Waals surface area contributed by atoms with Gasteiger partial charge in [0.25, 0.3) is 0 Å². The Balaban J connectivity index is 2.18. The van der Waals surface area contributed by atoms with Crippen LogP contribution in [0.25, 0.3) is 0 Å². The normalized spacial score (nSPS) is 10.4. The number of nitrogens with two attached hydrogens (primary N) is 1. The number of aromatic nitrogens is 3. The second-order valence-corrected chi connectivity index (χ2v) is 4.33. The second kappa shape index (κ2) is 5.18. The van der Waals surface area contributed by atoms with E-state index in [1.807, 2.05) is 19.2 Å². The highest BCUT2D eigenvalue weighted by Gasteiger charge is 2.07. The molecule has 2 aromatic heterocycles. The SMILES string of the molecule is Cc1ccncc1CNc1nc(Cl)nc(C)c1N. The first-order valence-corrected chi connectivity index (χ1v) is 5.88. The van der Waals surface area contributed by atoms with E-state index in [0.717, 1.165) is 11.1 Å². The van der Waals surface area contributed by atoms with Gasteiger partial charge in [0, 0.05) is 18.9 Å². The standard InChI is InChI=1S/C12H14ClN5/c1-7-3-4-15-5-9(7)6-16-11-10(14)8(2)17-12(13)18-11/h3-5H,6,14H2,1-2H3,(H,16,17,18). The number of hydrogen-bond acceptors (Lipinski definition) is 5. The van der Waals surface area contributed by atoms with E-state index in [2.05, 4.69) is 20.3 Å². The predicted octanol–water partition coefficient (Wildman–Crippen LogP) is 2.34. The fraction of sp³-hybridized carbons (Fsp3) is 0.250. The number of nitrogens with zero attached hydrogens (tertiary/aromatic N) is 3. The summed E-state index contributed by atoms with van der Waals surface area (Å²) in [5.74, 6) is 0.552. The van der Waals surface area contributed by atoms with E-state index in [4.69, 9.17) is 17.3 Å². The fourth-order valence-corrected chi connectivity index (χ4v) is 1.75. The van der Waals surface area contributed by atoms with Crippen LogP contribution in [0.2, 0.25) is 5.28 Å². The summed E-state index contributed by atoms with van der Waals surface area (Å²) in [7, 11) is 0. The van der Waals surface area contributed by atoms with Crippen LogP contribution >= 0.6 is 11.6 Å². The summed E-state index contributed by atoms with van der Waals surface area (Å²) in [5, 5.41) is 3.34. The lowest BCUT2D eigenvalue weighted by Gasteiger charge is -2.11. The molecule has 0 bridgehead atoms. The summed E-state index contributed by atoms with van der Waals surface area (Å²) < 4.78 is 0. The molecule has 0 unspecified atom stereocenters. The Labute approximate surface area is 110 Å². The van der Waals surface area contributed by atoms with Crippen molar-refractivity contribution in [2.75, 3.05) is 11.1 Å². The van der Waals surface area contributed by atoms with Gasteiger partial charge in [-0.25, -0.2) is 4.98 Å². The van der Waals surface area contributed by atoms with Gasteiger partial charge in [-0.3, -0.25) is 4.98 Å². The minimum atomic E-state index is 0.187. The third-order valence-electron chi connectivity index (χ3n) is 2.70. The quantitative estimate of drug-likeness (QED) is 0.831. The van der Waals surface area contributed by atoms with Crippen molar-refractivity contribution in [1.82, 2.24) is 15.0 Å². The summed E-state index contributed by atoms with van der Waals surface area (Å²) in [4.78, 5) is 12.1. The Morgan fingerprint density at radius 1 is 1.33 bits per heavy atom. The lowest BCUT2D eigenvalue weighted by molar-refractivity contribution is 1.04. The van der Waals surface area contributed by atoms with E-state index in [9.17, 15) is 0 Å². The van der Waals surface area contributed by atoms with E-state index in [1.165, 1.54) is 0 Å². The molecule has 0 fully saturated rings. The Hall–Kier alpha value is -1.88. The van der Waals surface area contributed by atoms with Gasteiger partial charge in [0.15, 0.2) is 5.82 Å². The topological polar surface area (TPSA) is 76.7 Å². The zero-order chi connectivity index (χ0) is 13.1. The van der Waals surface area contributed by atoms with Gasteiger partial charge < -0.3 is 11.1 Å². The molecule has 0 aromatic carbocycles. The maximum Gasteiger partial charge on any atom is 0.224 e. The molecule has 2 aromatic rings. The summed E-state index contributed by atoms with van der Waals surface area (Å²) >= 11 is 5.80. The van der Waals surface area contributed by atoms with Crippen LogP contribution in [0, 0.1) is 13.8 Å². The molecule has 0 spiro atoms. The number of anilines is 2. The van der Waals surface area contributed by atoms with E-state index >= 15 is 0 Å². The molecule has 6 heteroatoms. The smallest absolute Gasteiger partial charge is 0.224 e. The maximum atomic E-state index is 5.89. The molecule has 0 saturated carbocycles. The molecule has 0 aliphatic heterocycles. The molecule has 0 atom stereocenters.